The number of nitrogens with one attached hydrogen (secondary N) is 1. The molecule has 150 valence electrons. The molecule has 0 saturated carbocycles. The van der Waals surface area contributed by atoms with Gasteiger partial charge in [-0.1, -0.05) is 24.3 Å². The SMILES string of the molecule is COc1ccc(C(NC(=O)CSc2ccc(F)cc2)c2ccc(OC)cc2)cc1. The molecule has 1 N–H and O–H groups in total. The van der Waals surface area contributed by atoms with Crippen LogP contribution in [0.15, 0.2) is 77.7 Å². The number of amides is 1. The van der Waals surface area contributed by atoms with Gasteiger partial charge in [-0.2, -0.15) is 0 Å². The molecule has 6 heteroatoms. The number of carbonyl (C=O) groups is 1. The molecule has 0 unspecified atom stereocenters. The standard InChI is InChI=1S/C23H22FNO3S/c1-27-19-9-3-16(4-10-19)23(17-5-11-20(28-2)12-6-17)25-22(26)15-29-21-13-7-18(24)8-14-21/h3-14,23H,15H2,1-2H3,(H,25,26). The Bertz CT molecular complexity index is 880. The molecule has 3 aromatic rings. The predicted octanol–water partition coefficient (Wildman–Crippen LogP) is 4.84. The van der Waals surface area contributed by atoms with Crippen molar-refractivity contribution >= 4 is 17.7 Å². The summed E-state index contributed by atoms with van der Waals surface area (Å²) in [5.74, 6) is 1.32. The summed E-state index contributed by atoms with van der Waals surface area (Å²) in [4.78, 5) is 13.5. The fourth-order valence-electron chi connectivity index (χ4n) is 2.83. The van der Waals surface area contributed by atoms with E-state index < -0.39 is 0 Å². The molecule has 3 rings (SSSR count). The summed E-state index contributed by atoms with van der Waals surface area (Å²) < 4.78 is 23.5. The van der Waals surface area contributed by atoms with Crippen molar-refractivity contribution in [3.63, 3.8) is 0 Å². The summed E-state index contributed by atoms with van der Waals surface area (Å²) in [5.41, 5.74) is 1.88. The average Bonchev–Trinajstić information content (AvgIpc) is 2.77. The highest BCUT2D eigenvalue weighted by Crippen LogP contribution is 2.26. The summed E-state index contributed by atoms with van der Waals surface area (Å²) in [7, 11) is 3.23. The maximum absolute atomic E-state index is 13.0. The van der Waals surface area contributed by atoms with Gasteiger partial charge in [0.25, 0.3) is 0 Å². The van der Waals surface area contributed by atoms with E-state index in [1.807, 2.05) is 48.5 Å². The number of hydrogen-bond donors (Lipinski definition) is 1. The molecule has 0 aromatic heterocycles. The Kier molecular flexibility index (Phi) is 7.14. The number of ether oxygens (including phenoxy) is 2. The lowest BCUT2D eigenvalue weighted by Gasteiger charge is -2.20. The van der Waals surface area contributed by atoms with Crippen molar-refractivity contribution in [1.29, 1.82) is 0 Å². The van der Waals surface area contributed by atoms with Crippen molar-refractivity contribution in [2.75, 3.05) is 20.0 Å². The zero-order valence-electron chi connectivity index (χ0n) is 16.2. The van der Waals surface area contributed by atoms with Crippen LogP contribution in [0, 0.1) is 5.82 Å². The molecule has 0 heterocycles. The van der Waals surface area contributed by atoms with Crippen LogP contribution in [0.25, 0.3) is 0 Å². The van der Waals surface area contributed by atoms with Crippen molar-refractivity contribution in [1.82, 2.24) is 5.32 Å². The van der Waals surface area contributed by atoms with Crippen LogP contribution in [0.1, 0.15) is 17.2 Å². The van der Waals surface area contributed by atoms with E-state index in [0.717, 1.165) is 27.5 Å². The lowest BCUT2D eigenvalue weighted by molar-refractivity contribution is -0.119. The number of benzene rings is 3. The molecule has 0 radical (unpaired) electrons. The first kappa shape index (κ1) is 20.7. The van der Waals surface area contributed by atoms with Gasteiger partial charge in [-0.15, -0.1) is 11.8 Å². The Morgan fingerprint density at radius 3 is 1.79 bits per heavy atom. The van der Waals surface area contributed by atoms with Crippen LogP contribution in [0.3, 0.4) is 0 Å². The molecule has 0 spiro atoms. The van der Waals surface area contributed by atoms with Crippen LogP contribution in [-0.4, -0.2) is 25.9 Å². The van der Waals surface area contributed by atoms with Gasteiger partial charge < -0.3 is 14.8 Å². The first-order chi connectivity index (χ1) is 14.1. The molecule has 3 aromatic carbocycles. The first-order valence-corrected chi connectivity index (χ1v) is 10.0. The van der Waals surface area contributed by atoms with Crippen LogP contribution in [-0.2, 0) is 4.79 Å². The second-order valence-electron chi connectivity index (χ2n) is 6.29. The number of carbonyl (C=O) groups excluding carboxylic acids is 1. The van der Waals surface area contributed by atoms with Crippen LogP contribution in [0.5, 0.6) is 11.5 Å². The highest BCUT2D eigenvalue weighted by Gasteiger charge is 2.17. The third-order valence-electron chi connectivity index (χ3n) is 4.39. The Morgan fingerprint density at radius 2 is 1.34 bits per heavy atom. The monoisotopic (exact) mass is 411 g/mol. The van der Waals surface area contributed by atoms with Gasteiger partial charge in [0.05, 0.1) is 26.0 Å². The summed E-state index contributed by atoms with van der Waals surface area (Å²) in [5, 5.41) is 3.09. The predicted molar refractivity (Wildman–Crippen MR) is 113 cm³/mol. The van der Waals surface area contributed by atoms with Crippen LogP contribution in [0.4, 0.5) is 4.39 Å². The normalized spacial score (nSPS) is 10.6. The van der Waals surface area contributed by atoms with Crippen molar-refractivity contribution in [3.05, 3.63) is 89.7 Å². The minimum absolute atomic E-state index is 0.115. The molecule has 4 nitrogen and oxygen atoms in total. The van der Waals surface area contributed by atoms with Crippen molar-refractivity contribution in [2.24, 2.45) is 0 Å². The topological polar surface area (TPSA) is 47.6 Å². The highest BCUT2D eigenvalue weighted by molar-refractivity contribution is 8.00. The number of halogens is 1. The van der Waals surface area contributed by atoms with Gasteiger partial charge in [-0.25, -0.2) is 4.39 Å². The third-order valence-corrected chi connectivity index (χ3v) is 5.40. The fourth-order valence-corrected chi connectivity index (χ4v) is 3.54. The smallest absolute Gasteiger partial charge is 0.231 e. The lowest BCUT2D eigenvalue weighted by atomic mass is 9.98. The molecule has 0 aliphatic heterocycles. The van der Waals surface area contributed by atoms with Gasteiger partial charge in [0.2, 0.25) is 5.91 Å². The number of hydrogen-bond acceptors (Lipinski definition) is 4. The van der Waals surface area contributed by atoms with E-state index in [9.17, 15) is 9.18 Å². The molecule has 0 aliphatic rings. The maximum Gasteiger partial charge on any atom is 0.231 e. The minimum Gasteiger partial charge on any atom is -0.497 e. The van der Waals surface area contributed by atoms with Crippen LogP contribution >= 0.6 is 11.8 Å². The number of rotatable bonds is 8. The lowest BCUT2D eigenvalue weighted by Crippen LogP contribution is -2.30. The van der Waals surface area contributed by atoms with Crippen LogP contribution in [0.2, 0.25) is 0 Å². The Labute approximate surface area is 174 Å². The molecular weight excluding hydrogens is 389 g/mol. The Morgan fingerprint density at radius 1 is 0.862 bits per heavy atom. The molecule has 0 fully saturated rings. The number of methoxy groups -OCH3 is 2. The maximum atomic E-state index is 13.0. The average molecular weight is 411 g/mol. The zero-order chi connectivity index (χ0) is 20.6. The van der Waals surface area contributed by atoms with E-state index in [4.69, 9.17) is 9.47 Å². The second kappa shape index (κ2) is 9.98. The molecule has 0 saturated heterocycles. The summed E-state index contributed by atoms with van der Waals surface area (Å²) in [6.07, 6.45) is 0. The van der Waals surface area contributed by atoms with E-state index in [2.05, 4.69) is 5.32 Å². The molecule has 0 aliphatic carbocycles. The van der Waals surface area contributed by atoms with Crippen molar-refractivity contribution < 1.29 is 18.7 Å². The van der Waals surface area contributed by atoms with Gasteiger partial charge in [-0.3, -0.25) is 4.79 Å². The number of thioether (sulfide) groups is 1. The summed E-state index contributed by atoms with van der Waals surface area (Å²) in [6, 6.07) is 21.0. The van der Waals surface area contributed by atoms with E-state index in [1.54, 1.807) is 26.4 Å². The molecule has 0 bridgehead atoms. The minimum atomic E-state index is -0.312. The quantitative estimate of drug-likeness (QED) is 0.539. The van der Waals surface area contributed by atoms with Crippen molar-refractivity contribution in [3.8, 4) is 11.5 Å². The molecule has 1 amide bonds. The molecule has 29 heavy (non-hydrogen) atoms. The largest absolute Gasteiger partial charge is 0.497 e. The second-order valence-corrected chi connectivity index (χ2v) is 7.34. The zero-order valence-corrected chi connectivity index (χ0v) is 17.0. The van der Waals surface area contributed by atoms with Gasteiger partial charge in [0.1, 0.15) is 17.3 Å². The summed E-state index contributed by atoms with van der Waals surface area (Å²) >= 11 is 1.36. The van der Waals surface area contributed by atoms with Gasteiger partial charge >= 0.3 is 0 Å². The Balaban J connectivity index is 1.75. The van der Waals surface area contributed by atoms with Gasteiger partial charge in [0, 0.05) is 4.90 Å². The third kappa shape index (κ3) is 5.74. The van der Waals surface area contributed by atoms with E-state index >= 15 is 0 Å². The van der Waals surface area contributed by atoms with E-state index in [0.29, 0.717) is 0 Å². The first-order valence-electron chi connectivity index (χ1n) is 9.04. The van der Waals surface area contributed by atoms with Gasteiger partial charge in [-0.05, 0) is 59.7 Å². The van der Waals surface area contributed by atoms with E-state index in [1.165, 1.54) is 23.9 Å². The van der Waals surface area contributed by atoms with E-state index in [-0.39, 0.29) is 23.5 Å². The van der Waals surface area contributed by atoms with Gasteiger partial charge in [0.15, 0.2) is 0 Å². The molecule has 0 atom stereocenters. The summed E-state index contributed by atoms with van der Waals surface area (Å²) in [6.45, 7) is 0. The van der Waals surface area contributed by atoms with Crippen LogP contribution < -0.4 is 14.8 Å². The highest BCUT2D eigenvalue weighted by atomic mass is 32.2. The Hall–Kier alpha value is -2.99. The fraction of sp³-hybridized carbons (Fsp3) is 0.174. The van der Waals surface area contributed by atoms with Crippen molar-refractivity contribution in [2.45, 2.75) is 10.9 Å². The molecular formula is C23H22FNO3S.